The molecule has 0 aromatic heterocycles. The number of benzene rings is 1. The number of halogens is 4. The van der Waals surface area contributed by atoms with Crippen LogP contribution in [0.3, 0.4) is 0 Å². The van der Waals surface area contributed by atoms with E-state index in [2.05, 4.69) is 10.1 Å². The average molecular weight is 408 g/mol. The molecule has 0 spiro atoms. The minimum absolute atomic E-state index is 0.0523. The van der Waals surface area contributed by atoms with E-state index in [1.54, 1.807) is 0 Å². The van der Waals surface area contributed by atoms with Gasteiger partial charge in [-0.05, 0) is 19.1 Å². The molecule has 12 heteroatoms. The van der Waals surface area contributed by atoms with Crippen LogP contribution in [-0.2, 0) is 14.4 Å². The lowest BCUT2D eigenvalue weighted by molar-refractivity contribution is -0.274. The molecular weight excluding hydrogens is 395 g/mol. The van der Waals surface area contributed by atoms with E-state index in [0.29, 0.717) is 4.90 Å². The molecule has 27 heavy (non-hydrogen) atoms. The van der Waals surface area contributed by atoms with Gasteiger partial charge in [-0.2, -0.15) is 0 Å². The molecule has 0 radical (unpaired) electrons. The number of alkyl halides is 3. The maximum atomic E-state index is 12.4. The van der Waals surface area contributed by atoms with E-state index in [-0.39, 0.29) is 17.3 Å². The van der Waals surface area contributed by atoms with Crippen molar-refractivity contribution in [2.75, 3.05) is 18.9 Å². The van der Waals surface area contributed by atoms with Crippen LogP contribution < -0.4 is 10.1 Å². The summed E-state index contributed by atoms with van der Waals surface area (Å²) in [5.41, 5.74) is -0.139. The van der Waals surface area contributed by atoms with Crippen LogP contribution in [0.25, 0.3) is 0 Å². The second kappa shape index (κ2) is 7.43. The van der Waals surface area contributed by atoms with Crippen LogP contribution in [0.5, 0.6) is 5.75 Å². The van der Waals surface area contributed by atoms with Gasteiger partial charge in [-0.3, -0.25) is 24.2 Å². The zero-order chi connectivity index (χ0) is 20.5. The number of nitrogens with one attached hydrogen (secondary N) is 1. The fourth-order valence-corrected chi connectivity index (χ4v) is 2.56. The third kappa shape index (κ3) is 4.30. The van der Waals surface area contributed by atoms with Crippen LogP contribution in [0.15, 0.2) is 18.2 Å². The molecule has 2 rings (SSSR count). The summed E-state index contributed by atoms with van der Waals surface area (Å²) in [6.45, 7) is 1.44. The fraction of sp³-hybridized carbons (Fsp3) is 0.333. The first-order chi connectivity index (χ1) is 12.5. The number of carbonyl (C=O) groups is 4. The van der Waals surface area contributed by atoms with Crippen molar-refractivity contribution in [3.05, 3.63) is 23.2 Å². The predicted molar refractivity (Wildman–Crippen MR) is 85.8 cm³/mol. The van der Waals surface area contributed by atoms with E-state index in [4.69, 9.17) is 11.6 Å². The SMILES string of the molecule is CCN1C(=O)C(C(=O)Nc2ccc(OC(F)(F)F)cc2Cl)C(=O)N(C)C1=O. The third-order valence-electron chi connectivity index (χ3n) is 3.62. The highest BCUT2D eigenvalue weighted by Crippen LogP contribution is 2.31. The lowest BCUT2D eigenvalue weighted by Gasteiger charge is -2.33. The van der Waals surface area contributed by atoms with E-state index < -0.39 is 41.8 Å². The summed E-state index contributed by atoms with van der Waals surface area (Å²) < 4.78 is 40.3. The molecular formula is C15H13ClF3N3O5. The average Bonchev–Trinajstić information content (AvgIpc) is 2.54. The number of rotatable bonds is 4. The largest absolute Gasteiger partial charge is 0.573 e. The summed E-state index contributed by atoms with van der Waals surface area (Å²) in [5, 5.41) is 1.89. The zero-order valence-electron chi connectivity index (χ0n) is 14.0. The Bertz CT molecular complexity index is 814. The molecule has 1 aliphatic rings. The molecule has 1 saturated heterocycles. The Morgan fingerprint density at radius 1 is 1.26 bits per heavy atom. The molecule has 1 N–H and O–H groups in total. The fourth-order valence-electron chi connectivity index (χ4n) is 2.34. The number of hydrogen-bond donors (Lipinski definition) is 1. The van der Waals surface area contributed by atoms with Crippen LogP contribution in [0.1, 0.15) is 6.92 Å². The number of anilines is 1. The van der Waals surface area contributed by atoms with E-state index >= 15 is 0 Å². The Balaban J connectivity index is 2.22. The number of barbiturate groups is 1. The number of carbonyl (C=O) groups excluding carboxylic acids is 4. The van der Waals surface area contributed by atoms with Gasteiger partial charge >= 0.3 is 12.4 Å². The molecule has 0 saturated carbocycles. The second-order valence-corrected chi connectivity index (χ2v) is 5.78. The van der Waals surface area contributed by atoms with Gasteiger partial charge < -0.3 is 10.1 Å². The van der Waals surface area contributed by atoms with Crippen molar-refractivity contribution in [1.29, 1.82) is 0 Å². The summed E-state index contributed by atoms with van der Waals surface area (Å²) in [5.74, 6) is -5.54. The number of ether oxygens (including phenoxy) is 1. The van der Waals surface area contributed by atoms with Gasteiger partial charge in [0.2, 0.25) is 5.91 Å². The maximum absolute atomic E-state index is 12.4. The molecule has 1 atom stereocenters. The monoisotopic (exact) mass is 407 g/mol. The quantitative estimate of drug-likeness (QED) is 0.772. The highest BCUT2D eigenvalue weighted by molar-refractivity contribution is 6.34. The van der Waals surface area contributed by atoms with Gasteiger partial charge in [-0.15, -0.1) is 13.2 Å². The van der Waals surface area contributed by atoms with Gasteiger partial charge in [-0.1, -0.05) is 11.6 Å². The Morgan fingerprint density at radius 2 is 1.89 bits per heavy atom. The number of hydrogen-bond acceptors (Lipinski definition) is 5. The Kier molecular flexibility index (Phi) is 5.64. The Hall–Kier alpha value is -2.82. The Morgan fingerprint density at radius 3 is 2.41 bits per heavy atom. The predicted octanol–water partition coefficient (Wildman–Crippen LogP) is 2.23. The molecule has 146 valence electrons. The highest BCUT2D eigenvalue weighted by atomic mass is 35.5. The smallest absolute Gasteiger partial charge is 0.406 e. The molecule has 1 aliphatic heterocycles. The summed E-state index contributed by atoms with van der Waals surface area (Å²) in [4.78, 5) is 50.0. The minimum Gasteiger partial charge on any atom is -0.406 e. The molecule has 8 nitrogen and oxygen atoms in total. The second-order valence-electron chi connectivity index (χ2n) is 5.37. The van der Waals surface area contributed by atoms with E-state index in [1.165, 1.54) is 6.92 Å². The van der Waals surface area contributed by atoms with E-state index in [1.807, 2.05) is 0 Å². The number of nitrogens with zero attached hydrogens (tertiary/aromatic N) is 2. The lowest BCUT2D eigenvalue weighted by atomic mass is 10.0. The van der Waals surface area contributed by atoms with Gasteiger partial charge in [0.25, 0.3) is 11.8 Å². The van der Waals surface area contributed by atoms with Crippen molar-refractivity contribution < 1.29 is 37.1 Å². The third-order valence-corrected chi connectivity index (χ3v) is 3.93. The number of urea groups is 1. The van der Waals surface area contributed by atoms with Crippen LogP contribution in [0, 0.1) is 5.92 Å². The first-order valence-corrected chi connectivity index (χ1v) is 7.83. The van der Waals surface area contributed by atoms with Gasteiger partial charge in [0, 0.05) is 19.7 Å². The van der Waals surface area contributed by atoms with E-state index in [9.17, 15) is 32.3 Å². The molecule has 1 heterocycles. The van der Waals surface area contributed by atoms with Crippen LogP contribution in [0.4, 0.5) is 23.7 Å². The first-order valence-electron chi connectivity index (χ1n) is 7.45. The van der Waals surface area contributed by atoms with Gasteiger partial charge in [0.1, 0.15) is 5.75 Å². The minimum atomic E-state index is -4.92. The van der Waals surface area contributed by atoms with Gasteiger partial charge in [-0.25, -0.2) is 4.79 Å². The van der Waals surface area contributed by atoms with Crippen molar-refractivity contribution in [1.82, 2.24) is 9.80 Å². The molecule has 1 aromatic carbocycles. The van der Waals surface area contributed by atoms with Gasteiger partial charge in [0.05, 0.1) is 10.7 Å². The summed E-state index contributed by atoms with van der Waals surface area (Å²) in [6.07, 6.45) is -4.92. The molecule has 1 fully saturated rings. The van der Waals surface area contributed by atoms with Gasteiger partial charge in [0.15, 0.2) is 5.92 Å². The summed E-state index contributed by atoms with van der Waals surface area (Å²) in [7, 11) is 1.12. The van der Waals surface area contributed by atoms with Crippen LogP contribution >= 0.6 is 11.6 Å². The maximum Gasteiger partial charge on any atom is 0.573 e. The Labute approximate surface area is 155 Å². The van der Waals surface area contributed by atoms with Crippen molar-refractivity contribution in [2.45, 2.75) is 13.3 Å². The van der Waals surface area contributed by atoms with Crippen molar-refractivity contribution in [3.63, 3.8) is 0 Å². The topological polar surface area (TPSA) is 96.0 Å². The number of amides is 5. The molecule has 0 aliphatic carbocycles. The van der Waals surface area contributed by atoms with Crippen LogP contribution in [0.2, 0.25) is 5.02 Å². The lowest BCUT2D eigenvalue weighted by Crippen LogP contribution is -2.60. The zero-order valence-corrected chi connectivity index (χ0v) is 14.7. The molecule has 1 unspecified atom stereocenters. The standard InChI is InChI=1S/C15H13ClF3N3O5/c1-3-22-13(25)10(12(24)21(2)14(22)26)11(23)20-9-5-4-7(6-8(9)16)27-15(17,18)19/h4-6,10H,3H2,1-2H3,(H,20,23). The molecule has 1 aromatic rings. The van der Waals surface area contributed by atoms with Crippen LogP contribution in [-0.4, -0.2) is 53.5 Å². The van der Waals surface area contributed by atoms with Crippen molar-refractivity contribution >= 4 is 41.0 Å². The normalized spacial score (nSPS) is 18.0. The number of imide groups is 2. The highest BCUT2D eigenvalue weighted by Gasteiger charge is 2.47. The molecule has 5 amide bonds. The van der Waals surface area contributed by atoms with Crippen molar-refractivity contribution in [2.24, 2.45) is 5.92 Å². The first kappa shape index (κ1) is 20.5. The van der Waals surface area contributed by atoms with E-state index in [0.717, 1.165) is 30.1 Å². The summed E-state index contributed by atoms with van der Waals surface area (Å²) in [6, 6.07) is 1.87. The summed E-state index contributed by atoms with van der Waals surface area (Å²) >= 11 is 5.81. The molecule has 0 bridgehead atoms. The van der Waals surface area contributed by atoms with Crippen molar-refractivity contribution in [3.8, 4) is 5.75 Å².